The molecular weight excluding hydrogens is 262 g/mol. The van der Waals surface area contributed by atoms with Gasteiger partial charge >= 0.3 is 0 Å². The molecule has 1 aromatic rings. The van der Waals surface area contributed by atoms with E-state index in [1.165, 1.54) is 12.0 Å². The van der Waals surface area contributed by atoms with Crippen LogP contribution in [0.5, 0.6) is 11.5 Å². The van der Waals surface area contributed by atoms with Crippen LogP contribution in [0.15, 0.2) is 12.1 Å². The van der Waals surface area contributed by atoms with Gasteiger partial charge in [-0.05, 0) is 24.1 Å². The Morgan fingerprint density at radius 3 is 2.70 bits per heavy atom. The van der Waals surface area contributed by atoms with Crippen LogP contribution in [0.25, 0.3) is 0 Å². The first-order valence-corrected chi connectivity index (χ1v) is 6.56. The zero-order valence-corrected chi connectivity index (χ0v) is 11.6. The summed E-state index contributed by atoms with van der Waals surface area (Å²) in [7, 11) is 1.51. The number of carbonyl (C=O) groups excluding carboxylic acids is 1. The molecule has 1 atom stereocenters. The third-order valence-corrected chi connectivity index (χ3v) is 3.28. The van der Waals surface area contributed by atoms with Gasteiger partial charge in [0.15, 0.2) is 17.6 Å². The van der Waals surface area contributed by atoms with Crippen molar-refractivity contribution in [2.24, 2.45) is 0 Å². The topological polar surface area (TPSA) is 79.2 Å². The number of aliphatic hydroxyl groups excluding tert-OH is 2. The average molecular weight is 281 g/mol. The number of fused-ring (bicyclic) bond motifs is 1. The Balaban J connectivity index is 2.55. The van der Waals surface area contributed by atoms with Crippen molar-refractivity contribution in [3.8, 4) is 11.5 Å². The fraction of sp³-hybridized carbons (Fsp3) is 0.500. The van der Waals surface area contributed by atoms with Gasteiger partial charge in [0.25, 0.3) is 5.91 Å². The number of aliphatic hydroxyl groups is 2. The summed E-state index contributed by atoms with van der Waals surface area (Å²) in [6.07, 6.45) is -0.0478. The number of benzene rings is 1. The summed E-state index contributed by atoms with van der Waals surface area (Å²) in [6, 6.07) is 3.36. The second-order valence-electron chi connectivity index (χ2n) is 4.53. The Labute approximate surface area is 117 Å². The number of ether oxygens (including phenoxy) is 2. The van der Waals surface area contributed by atoms with Crippen LogP contribution in [0.3, 0.4) is 0 Å². The second kappa shape index (κ2) is 6.11. The summed E-state index contributed by atoms with van der Waals surface area (Å²) in [5, 5.41) is 18.4. The first kappa shape index (κ1) is 14.6. The van der Waals surface area contributed by atoms with E-state index < -0.39 is 6.10 Å². The van der Waals surface area contributed by atoms with Crippen LogP contribution in [0.2, 0.25) is 0 Å². The van der Waals surface area contributed by atoms with E-state index in [1.54, 1.807) is 12.1 Å². The lowest BCUT2D eigenvalue weighted by Gasteiger charge is -2.34. The molecule has 0 saturated carbocycles. The van der Waals surface area contributed by atoms with Crippen molar-refractivity contribution in [3.05, 3.63) is 17.7 Å². The fourth-order valence-electron chi connectivity index (χ4n) is 2.28. The highest BCUT2D eigenvalue weighted by Crippen LogP contribution is 2.43. The Bertz CT molecular complexity index is 503. The number of nitrogens with zero attached hydrogens (tertiary/aromatic N) is 1. The monoisotopic (exact) mass is 281 g/mol. The Morgan fingerprint density at radius 2 is 2.15 bits per heavy atom. The molecule has 1 amide bonds. The molecule has 0 spiro atoms. The molecule has 1 aliphatic heterocycles. The molecule has 0 fully saturated rings. The molecule has 1 aromatic carbocycles. The number of anilines is 1. The van der Waals surface area contributed by atoms with Gasteiger partial charge in [-0.25, -0.2) is 0 Å². The Morgan fingerprint density at radius 1 is 1.40 bits per heavy atom. The molecule has 0 saturated heterocycles. The highest BCUT2D eigenvalue weighted by molar-refractivity contribution is 6.00. The van der Waals surface area contributed by atoms with E-state index in [1.807, 2.05) is 6.92 Å². The third kappa shape index (κ3) is 2.44. The summed E-state index contributed by atoms with van der Waals surface area (Å²) >= 11 is 0. The molecule has 0 bridgehead atoms. The summed E-state index contributed by atoms with van der Waals surface area (Å²) in [5.41, 5.74) is 1.15. The van der Waals surface area contributed by atoms with Crippen molar-refractivity contribution in [1.82, 2.24) is 0 Å². The average Bonchev–Trinajstić information content (AvgIpc) is 2.48. The number of amides is 1. The zero-order valence-electron chi connectivity index (χ0n) is 11.6. The van der Waals surface area contributed by atoms with E-state index in [9.17, 15) is 9.90 Å². The molecule has 0 aromatic heterocycles. The van der Waals surface area contributed by atoms with Gasteiger partial charge < -0.3 is 24.6 Å². The molecule has 20 heavy (non-hydrogen) atoms. The predicted octanol–water partition coefficient (Wildman–Crippen LogP) is 0.684. The van der Waals surface area contributed by atoms with Crippen molar-refractivity contribution in [2.45, 2.75) is 26.1 Å². The molecule has 2 rings (SSSR count). The maximum atomic E-state index is 12.3. The molecule has 6 heteroatoms. The second-order valence-corrected chi connectivity index (χ2v) is 4.53. The van der Waals surface area contributed by atoms with Gasteiger partial charge in [-0.1, -0.05) is 6.92 Å². The van der Waals surface area contributed by atoms with Gasteiger partial charge in [0.2, 0.25) is 0 Å². The lowest BCUT2D eigenvalue weighted by Crippen LogP contribution is -2.46. The maximum Gasteiger partial charge on any atom is 0.268 e. The number of rotatable bonds is 5. The van der Waals surface area contributed by atoms with E-state index in [4.69, 9.17) is 14.6 Å². The molecule has 1 unspecified atom stereocenters. The normalized spacial score (nSPS) is 17.7. The van der Waals surface area contributed by atoms with Gasteiger partial charge in [-0.15, -0.1) is 0 Å². The molecule has 110 valence electrons. The van der Waals surface area contributed by atoms with E-state index >= 15 is 0 Å². The minimum absolute atomic E-state index is 0.146. The van der Waals surface area contributed by atoms with E-state index in [2.05, 4.69) is 0 Å². The van der Waals surface area contributed by atoms with Crippen LogP contribution in [-0.4, -0.2) is 42.5 Å². The van der Waals surface area contributed by atoms with Gasteiger partial charge in [-0.2, -0.15) is 0 Å². The molecule has 6 nitrogen and oxygen atoms in total. The number of carbonyl (C=O) groups is 1. The van der Waals surface area contributed by atoms with E-state index in [-0.39, 0.29) is 25.7 Å². The van der Waals surface area contributed by atoms with Crippen molar-refractivity contribution >= 4 is 11.6 Å². The van der Waals surface area contributed by atoms with E-state index in [0.717, 1.165) is 0 Å². The predicted molar refractivity (Wildman–Crippen MR) is 73.1 cm³/mol. The lowest BCUT2D eigenvalue weighted by molar-refractivity contribution is -0.126. The minimum Gasteiger partial charge on any atom is -0.493 e. The fourth-order valence-corrected chi connectivity index (χ4v) is 2.28. The lowest BCUT2D eigenvalue weighted by atomic mass is 10.1. The van der Waals surface area contributed by atoms with Crippen LogP contribution in [0.1, 0.15) is 18.9 Å². The van der Waals surface area contributed by atoms with Gasteiger partial charge in [0.1, 0.15) is 0 Å². The summed E-state index contributed by atoms with van der Waals surface area (Å²) in [4.78, 5) is 13.8. The highest BCUT2D eigenvalue weighted by Gasteiger charge is 2.35. The zero-order chi connectivity index (χ0) is 14.7. The molecule has 1 aliphatic rings. The summed E-state index contributed by atoms with van der Waals surface area (Å²) in [5.74, 6) is 0.760. The Hall–Kier alpha value is -1.79. The number of β-amino-alcohol motifs (C(OH)–C–C–N with tert-alkyl or cyclic N) is 1. The third-order valence-electron chi connectivity index (χ3n) is 3.28. The quantitative estimate of drug-likeness (QED) is 0.830. The first-order valence-electron chi connectivity index (χ1n) is 6.56. The van der Waals surface area contributed by atoms with Crippen LogP contribution in [-0.2, 0) is 11.4 Å². The van der Waals surface area contributed by atoms with Crippen molar-refractivity contribution in [1.29, 1.82) is 0 Å². The van der Waals surface area contributed by atoms with Gasteiger partial charge in [0, 0.05) is 6.54 Å². The molecule has 0 radical (unpaired) electrons. The summed E-state index contributed by atoms with van der Waals surface area (Å²) < 4.78 is 11.0. The summed E-state index contributed by atoms with van der Waals surface area (Å²) in [6.45, 7) is 1.73. The van der Waals surface area contributed by atoms with Crippen molar-refractivity contribution in [2.75, 3.05) is 25.2 Å². The van der Waals surface area contributed by atoms with Crippen molar-refractivity contribution in [3.63, 3.8) is 0 Å². The van der Waals surface area contributed by atoms with Crippen LogP contribution >= 0.6 is 0 Å². The first-order chi connectivity index (χ1) is 9.65. The van der Waals surface area contributed by atoms with Crippen molar-refractivity contribution < 1.29 is 24.5 Å². The minimum atomic E-state index is -0.581. The standard InChI is InChI=1S/C14H19NO5/c1-3-11-14(18)15(4-5-16)10-6-9(8-17)7-12(19-2)13(10)20-11/h6-7,11,16-17H,3-5,8H2,1-2H3. The van der Waals surface area contributed by atoms with Gasteiger partial charge in [-0.3, -0.25) is 4.79 Å². The number of methoxy groups -OCH3 is 1. The van der Waals surface area contributed by atoms with Crippen LogP contribution < -0.4 is 14.4 Å². The number of hydrogen-bond donors (Lipinski definition) is 2. The molecule has 2 N–H and O–H groups in total. The smallest absolute Gasteiger partial charge is 0.268 e. The number of hydrogen-bond acceptors (Lipinski definition) is 5. The maximum absolute atomic E-state index is 12.3. The SMILES string of the molecule is CCC1Oc2c(OC)cc(CO)cc2N(CCO)C1=O. The highest BCUT2D eigenvalue weighted by atomic mass is 16.5. The van der Waals surface area contributed by atoms with Crippen LogP contribution in [0, 0.1) is 0 Å². The van der Waals surface area contributed by atoms with Crippen LogP contribution in [0.4, 0.5) is 5.69 Å². The Kier molecular flexibility index (Phi) is 4.46. The largest absolute Gasteiger partial charge is 0.493 e. The van der Waals surface area contributed by atoms with Gasteiger partial charge in [0.05, 0.1) is 26.0 Å². The molecule has 1 heterocycles. The molecule has 0 aliphatic carbocycles. The molecular formula is C14H19NO5. The van der Waals surface area contributed by atoms with E-state index in [0.29, 0.717) is 29.2 Å².